The van der Waals surface area contributed by atoms with E-state index < -0.39 is 11.7 Å². The van der Waals surface area contributed by atoms with Gasteiger partial charge in [0.05, 0.1) is 35.4 Å². The molecule has 0 atom stereocenters. The van der Waals surface area contributed by atoms with E-state index in [4.69, 9.17) is 4.74 Å². The summed E-state index contributed by atoms with van der Waals surface area (Å²) in [7, 11) is 0. The minimum absolute atomic E-state index is 0.0135. The summed E-state index contributed by atoms with van der Waals surface area (Å²) in [6, 6.07) is 11.6. The van der Waals surface area contributed by atoms with E-state index in [1.807, 2.05) is 12.1 Å². The number of aromatic amines is 1. The molecular weight excluding hydrogens is 579 g/mol. The number of rotatable bonds is 8. The minimum atomic E-state index is -0.597. The van der Waals surface area contributed by atoms with Crippen LogP contribution in [0.3, 0.4) is 0 Å². The lowest BCUT2D eigenvalue weighted by Gasteiger charge is -2.38. The van der Waals surface area contributed by atoms with Gasteiger partial charge in [-0.05, 0) is 49.4 Å². The summed E-state index contributed by atoms with van der Waals surface area (Å²) in [4.78, 5) is 56.8. The lowest BCUT2D eigenvalue weighted by atomic mass is 10.0. The number of nitrogens with one attached hydrogen (secondary N) is 1. The van der Waals surface area contributed by atoms with Crippen molar-refractivity contribution in [2.24, 2.45) is 0 Å². The smallest absolute Gasteiger partial charge is 0.272 e. The number of piperidine rings is 2. The van der Waals surface area contributed by atoms with E-state index in [2.05, 4.69) is 15.1 Å². The number of amides is 3. The molecule has 3 aliphatic heterocycles. The zero-order valence-corrected chi connectivity index (χ0v) is 25.3. The molecule has 238 valence electrons. The van der Waals surface area contributed by atoms with Gasteiger partial charge >= 0.3 is 0 Å². The number of carbonyl (C=O) groups is 3. The van der Waals surface area contributed by atoms with Crippen molar-refractivity contribution in [1.82, 2.24) is 29.8 Å². The number of hydrogen-bond donors (Lipinski definition) is 1. The number of ether oxygens (including phenoxy) is 1. The van der Waals surface area contributed by atoms with E-state index in [9.17, 15) is 23.6 Å². The number of H-pyrrole nitrogens is 1. The predicted octanol–water partition coefficient (Wildman–Crippen LogP) is 2.04. The van der Waals surface area contributed by atoms with Crippen LogP contribution in [-0.2, 0) is 20.7 Å². The molecule has 0 unspecified atom stereocenters. The Morgan fingerprint density at radius 1 is 0.889 bits per heavy atom. The Balaban J connectivity index is 0.981. The molecule has 1 N–H and O–H groups in total. The summed E-state index contributed by atoms with van der Waals surface area (Å²) in [5.41, 5.74) is 1.05. The Labute approximate surface area is 260 Å². The zero-order valence-electron chi connectivity index (χ0n) is 25.3. The number of aromatic nitrogens is 2. The van der Waals surface area contributed by atoms with E-state index in [1.54, 1.807) is 39.0 Å². The van der Waals surface area contributed by atoms with Gasteiger partial charge in [-0.3, -0.25) is 24.1 Å². The summed E-state index contributed by atoms with van der Waals surface area (Å²) in [5.74, 6) is -0.962. The van der Waals surface area contributed by atoms with Crippen LogP contribution in [-0.4, -0.2) is 119 Å². The first-order chi connectivity index (χ1) is 21.9. The van der Waals surface area contributed by atoms with Gasteiger partial charge in [0.25, 0.3) is 11.5 Å². The Kier molecular flexibility index (Phi) is 9.50. The summed E-state index contributed by atoms with van der Waals surface area (Å²) < 4.78 is 21.2. The van der Waals surface area contributed by atoms with Gasteiger partial charge in [0.15, 0.2) is 0 Å². The van der Waals surface area contributed by atoms with Crippen molar-refractivity contribution in [3.05, 3.63) is 75.5 Å². The van der Waals surface area contributed by atoms with Crippen LogP contribution in [0.4, 0.5) is 4.39 Å². The van der Waals surface area contributed by atoms with E-state index in [1.165, 1.54) is 6.07 Å². The maximum absolute atomic E-state index is 14.9. The topological polar surface area (TPSA) is 119 Å². The van der Waals surface area contributed by atoms with Gasteiger partial charge in [0.1, 0.15) is 5.82 Å². The monoisotopic (exact) mass is 618 g/mol. The third-order valence-electron chi connectivity index (χ3n) is 9.23. The van der Waals surface area contributed by atoms with Crippen LogP contribution in [0.25, 0.3) is 10.8 Å². The molecule has 11 nitrogen and oxygen atoms in total. The summed E-state index contributed by atoms with van der Waals surface area (Å²) in [6.07, 6.45) is 5.11. The highest BCUT2D eigenvalue weighted by molar-refractivity contribution is 5.95. The van der Waals surface area contributed by atoms with Crippen molar-refractivity contribution >= 4 is 29.0 Å². The molecule has 12 heteroatoms. The van der Waals surface area contributed by atoms with Crippen molar-refractivity contribution in [1.29, 1.82) is 0 Å². The SMILES string of the molecule is O=CN1CCC(OC2CCN(CC(=O)N3CCN(C(=O)c4cc(Cc5n[nH]c(=O)c6ccccc56)ccc4F)CC3)CC2)CC1. The van der Waals surface area contributed by atoms with Crippen molar-refractivity contribution in [3.8, 4) is 0 Å². The maximum Gasteiger partial charge on any atom is 0.272 e. The lowest BCUT2D eigenvalue weighted by molar-refractivity contribution is -0.135. The van der Waals surface area contributed by atoms with Crippen LogP contribution in [0.15, 0.2) is 47.3 Å². The second kappa shape index (κ2) is 13.9. The molecule has 0 spiro atoms. The molecule has 0 saturated carbocycles. The van der Waals surface area contributed by atoms with Crippen LogP contribution in [0.5, 0.6) is 0 Å². The molecule has 3 fully saturated rings. The molecular formula is C33H39FN6O5. The first-order valence-corrected chi connectivity index (χ1v) is 15.8. The number of carbonyl (C=O) groups excluding carboxylic acids is 3. The van der Waals surface area contributed by atoms with Gasteiger partial charge in [0.2, 0.25) is 12.3 Å². The fourth-order valence-corrected chi connectivity index (χ4v) is 6.56. The average molecular weight is 619 g/mol. The molecule has 4 heterocycles. The second-order valence-electron chi connectivity index (χ2n) is 12.2. The van der Waals surface area contributed by atoms with Crippen molar-refractivity contribution in [3.63, 3.8) is 0 Å². The van der Waals surface area contributed by atoms with Gasteiger partial charge in [-0.25, -0.2) is 9.49 Å². The number of hydrogen-bond acceptors (Lipinski definition) is 7. The van der Waals surface area contributed by atoms with Crippen molar-refractivity contribution in [2.45, 2.75) is 44.3 Å². The van der Waals surface area contributed by atoms with Gasteiger partial charge in [0, 0.05) is 64.2 Å². The molecule has 6 rings (SSSR count). The van der Waals surface area contributed by atoms with Gasteiger partial charge in [-0.15, -0.1) is 0 Å². The highest BCUT2D eigenvalue weighted by Gasteiger charge is 2.30. The molecule has 3 amide bonds. The number of likely N-dealkylation sites (tertiary alicyclic amines) is 2. The van der Waals surface area contributed by atoms with E-state index in [0.29, 0.717) is 61.2 Å². The molecule has 3 aromatic rings. The number of nitrogens with zero attached hydrogens (tertiary/aromatic N) is 5. The Morgan fingerprint density at radius 3 is 2.22 bits per heavy atom. The maximum atomic E-state index is 14.9. The van der Waals surface area contributed by atoms with Crippen LogP contribution < -0.4 is 5.56 Å². The Morgan fingerprint density at radius 2 is 1.53 bits per heavy atom. The third-order valence-corrected chi connectivity index (χ3v) is 9.23. The molecule has 0 bridgehead atoms. The molecule has 45 heavy (non-hydrogen) atoms. The molecule has 3 aliphatic rings. The number of halogens is 1. The average Bonchev–Trinajstić information content (AvgIpc) is 3.08. The van der Waals surface area contributed by atoms with E-state index >= 15 is 0 Å². The standard InChI is InChI=1S/C33H39FN6O5/c34-29-6-5-23(20-30-26-3-1-2-4-27(26)32(43)36-35-30)19-28(29)33(44)40-17-15-39(16-18-40)31(42)21-37-11-7-24(8-12-37)45-25-9-13-38(22-41)14-10-25/h1-6,19,22,24-25H,7-18,20-21H2,(H,36,43). The molecule has 1 aromatic heterocycles. The third kappa shape index (κ3) is 7.23. The second-order valence-corrected chi connectivity index (χ2v) is 12.2. The fraction of sp³-hybridized carbons (Fsp3) is 0.485. The highest BCUT2D eigenvalue weighted by Crippen LogP contribution is 2.22. The molecule has 0 aliphatic carbocycles. The minimum Gasteiger partial charge on any atom is -0.375 e. The van der Waals surface area contributed by atoms with E-state index in [-0.39, 0.29) is 29.2 Å². The van der Waals surface area contributed by atoms with Crippen molar-refractivity contribution in [2.75, 3.05) is 58.9 Å². The highest BCUT2D eigenvalue weighted by atomic mass is 19.1. The lowest BCUT2D eigenvalue weighted by Crippen LogP contribution is -2.53. The molecule has 3 saturated heterocycles. The van der Waals surface area contributed by atoms with Crippen LogP contribution in [0.1, 0.15) is 47.3 Å². The van der Waals surface area contributed by atoms with Gasteiger partial charge in [-0.1, -0.05) is 24.3 Å². The Hall–Kier alpha value is -4.16. The summed E-state index contributed by atoms with van der Waals surface area (Å²) in [5, 5.41) is 7.96. The Bertz CT molecular complexity index is 1590. The normalized spacial score (nSPS) is 18.8. The number of benzene rings is 2. The van der Waals surface area contributed by atoms with Crippen LogP contribution in [0, 0.1) is 5.82 Å². The largest absolute Gasteiger partial charge is 0.375 e. The summed E-state index contributed by atoms with van der Waals surface area (Å²) in [6.45, 7) is 4.88. The first kappa shape index (κ1) is 30.8. The predicted molar refractivity (Wildman–Crippen MR) is 165 cm³/mol. The van der Waals surface area contributed by atoms with Gasteiger partial charge in [-0.2, -0.15) is 5.10 Å². The zero-order chi connectivity index (χ0) is 31.3. The molecule has 2 aromatic carbocycles. The summed E-state index contributed by atoms with van der Waals surface area (Å²) >= 11 is 0. The number of fused-ring (bicyclic) bond motifs is 1. The molecule has 0 radical (unpaired) electrons. The fourth-order valence-electron chi connectivity index (χ4n) is 6.56. The van der Waals surface area contributed by atoms with Crippen LogP contribution in [0.2, 0.25) is 0 Å². The first-order valence-electron chi connectivity index (χ1n) is 15.8. The van der Waals surface area contributed by atoms with E-state index in [0.717, 1.165) is 58.3 Å². The van der Waals surface area contributed by atoms with Gasteiger partial charge < -0.3 is 19.4 Å². The number of piperazine rings is 1. The van der Waals surface area contributed by atoms with Crippen LogP contribution >= 0.6 is 0 Å². The van der Waals surface area contributed by atoms with Crippen molar-refractivity contribution < 1.29 is 23.5 Å². The quantitative estimate of drug-likeness (QED) is 0.384.